The summed E-state index contributed by atoms with van der Waals surface area (Å²) in [7, 11) is 5.53. The lowest BCUT2D eigenvalue weighted by Gasteiger charge is -2.22. The van der Waals surface area contributed by atoms with Crippen LogP contribution in [0.15, 0.2) is 24.4 Å². The van der Waals surface area contributed by atoms with E-state index in [0.717, 1.165) is 16.5 Å². The first-order valence-corrected chi connectivity index (χ1v) is 6.47. The summed E-state index contributed by atoms with van der Waals surface area (Å²) in [6, 6.07) is 5.55. The second-order valence-electron chi connectivity index (χ2n) is 4.77. The molecule has 0 atom stereocenters. The van der Waals surface area contributed by atoms with Crippen LogP contribution in [0.3, 0.4) is 0 Å². The number of nitrogens with zero attached hydrogens (tertiary/aromatic N) is 3. The third-order valence-corrected chi connectivity index (χ3v) is 3.35. The molecule has 0 aliphatic heterocycles. The number of hydrogen-bond acceptors (Lipinski definition) is 4. The number of fused-ring (bicyclic) bond motifs is 1. The summed E-state index contributed by atoms with van der Waals surface area (Å²) in [5, 5.41) is 11.3. The molecule has 1 N–H and O–H groups in total. The van der Waals surface area contributed by atoms with Crippen LogP contribution in [-0.4, -0.2) is 43.7 Å². The topological polar surface area (TPSA) is 56.7 Å². The fourth-order valence-corrected chi connectivity index (χ4v) is 2.42. The van der Waals surface area contributed by atoms with Crippen LogP contribution in [0.2, 0.25) is 5.02 Å². The molecule has 0 saturated heterocycles. The van der Waals surface area contributed by atoms with Crippen molar-refractivity contribution in [3.8, 4) is 0 Å². The highest BCUT2D eigenvalue weighted by Crippen LogP contribution is 2.35. The van der Waals surface area contributed by atoms with Crippen molar-refractivity contribution >= 4 is 39.8 Å². The molecule has 0 unspecified atom stereocenters. The first kappa shape index (κ1) is 14.4. The number of aliphatic carboxylic acids is 1. The minimum Gasteiger partial charge on any atom is -0.480 e. The summed E-state index contributed by atoms with van der Waals surface area (Å²) < 4.78 is 0. The molecule has 5 nitrogen and oxygen atoms in total. The number of carboxylic acids is 1. The Morgan fingerprint density at radius 3 is 2.65 bits per heavy atom. The van der Waals surface area contributed by atoms with Gasteiger partial charge < -0.3 is 14.9 Å². The lowest BCUT2D eigenvalue weighted by molar-refractivity contribution is -0.135. The van der Waals surface area contributed by atoms with Gasteiger partial charge in [-0.2, -0.15) is 0 Å². The molecular weight excluding hydrogens is 278 g/mol. The van der Waals surface area contributed by atoms with Gasteiger partial charge in [0.15, 0.2) is 0 Å². The van der Waals surface area contributed by atoms with E-state index < -0.39 is 5.97 Å². The van der Waals surface area contributed by atoms with E-state index in [-0.39, 0.29) is 6.54 Å². The van der Waals surface area contributed by atoms with Gasteiger partial charge in [-0.1, -0.05) is 23.7 Å². The number of pyridine rings is 1. The SMILES string of the molecule is CN(C)c1cnc(N(C)CC(=O)O)c2cccc(Cl)c12. The number of carbonyl (C=O) groups is 1. The van der Waals surface area contributed by atoms with E-state index in [4.69, 9.17) is 16.7 Å². The van der Waals surface area contributed by atoms with E-state index in [9.17, 15) is 4.79 Å². The van der Waals surface area contributed by atoms with E-state index in [0.29, 0.717) is 10.8 Å². The molecule has 106 valence electrons. The van der Waals surface area contributed by atoms with Crippen molar-refractivity contribution in [1.82, 2.24) is 4.98 Å². The average Bonchev–Trinajstić information content (AvgIpc) is 2.36. The van der Waals surface area contributed by atoms with E-state index in [1.54, 1.807) is 18.1 Å². The lowest BCUT2D eigenvalue weighted by Crippen LogP contribution is -2.26. The van der Waals surface area contributed by atoms with Gasteiger partial charge in [-0.05, 0) is 6.07 Å². The van der Waals surface area contributed by atoms with Gasteiger partial charge in [0, 0.05) is 31.9 Å². The predicted molar refractivity (Wildman–Crippen MR) is 82.0 cm³/mol. The Labute approximate surface area is 122 Å². The molecule has 0 saturated carbocycles. The molecule has 1 aromatic heterocycles. The fraction of sp³-hybridized carbons (Fsp3) is 0.286. The van der Waals surface area contributed by atoms with Crippen molar-refractivity contribution in [1.29, 1.82) is 0 Å². The summed E-state index contributed by atoms with van der Waals surface area (Å²) in [4.78, 5) is 18.8. The van der Waals surface area contributed by atoms with Crippen molar-refractivity contribution < 1.29 is 9.90 Å². The smallest absolute Gasteiger partial charge is 0.323 e. The van der Waals surface area contributed by atoms with Crippen molar-refractivity contribution in [2.24, 2.45) is 0 Å². The van der Waals surface area contributed by atoms with Crippen molar-refractivity contribution in [3.63, 3.8) is 0 Å². The van der Waals surface area contributed by atoms with Crippen molar-refractivity contribution in [3.05, 3.63) is 29.4 Å². The second-order valence-corrected chi connectivity index (χ2v) is 5.18. The number of carboxylic acid groups (broad SMARTS) is 1. The molecule has 1 heterocycles. The molecule has 6 heteroatoms. The first-order valence-electron chi connectivity index (χ1n) is 6.09. The minimum atomic E-state index is -0.902. The number of benzene rings is 1. The first-order chi connectivity index (χ1) is 9.41. The van der Waals surface area contributed by atoms with Crippen LogP contribution in [0.4, 0.5) is 11.5 Å². The molecule has 20 heavy (non-hydrogen) atoms. The van der Waals surface area contributed by atoms with E-state index in [2.05, 4.69) is 4.98 Å². The lowest BCUT2D eigenvalue weighted by atomic mass is 10.1. The summed E-state index contributed by atoms with van der Waals surface area (Å²) in [5.74, 6) is -0.295. The molecule has 2 rings (SSSR count). The summed E-state index contributed by atoms with van der Waals surface area (Å²) in [6.07, 6.45) is 1.71. The van der Waals surface area contributed by atoms with Crippen LogP contribution in [-0.2, 0) is 4.79 Å². The quantitative estimate of drug-likeness (QED) is 0.938. The number of aromatic nitrogens is 1. The predicted octanol–water partition coefficient (Wildman–Crippen LogP) is 2.48. The van der Waals surface area contributed by atoms with Gasteiger partial charge in [0.1, 0.15) is 12.4 Å². The number of rotatable bonds is 4. The highest BCUT2D eigenvalue weighted by atomic mass is 35.5. The van der Waals surface area contributed by atoms with Gasteiger partial charge in [-0.25, -0.2) is 4.98 Å². The second kappa shape index (κ2) is 5.54. The van der Waals surface area contributed by atoms with Crippen LogP contribution in [0, 0.1) is 0 Å². The Morgan fingerprint density at radius 2 is 2.05 bits per heavy atom. The largest absolute Gasteiger partial charge is 0.480 e. The van der Waals surface area contributed by atoms with Crippen LogP contribution in [0.5, 0.6) is 0 Å². The molecular formula is C14H16ClN3O2. The molecule has 0 aliphatic carbocycles. The fourth-order valence-electron chi connectivity index (χ4n) is 2.15. The van der Waals surface area contributed by atoms with Gasteiger partial charge in [0.05, 0.1) is 16.9 Å². The van der Waals surface area contributed by atoms with Crippen LogP contribution < -0.4 is 9.80 Å². The molecule has 1 aromatic carbocycles. The normalized spacial score (nSPS) is 10.6. The molecule has 0 radical (unpaired) electrons. The maximum Gasteiger partial charge on any atom is 0.323 e. The Morgan fingerprint density at radius 1 is 1.35 bits per heavy atom. The zero-order valence-electron chi connectivity index (χ0n) is 11.6. The Kier molecular flexibility index (Phi) is 3.99. The van der Waals surface area contributed by atoms with E-state index >= 15 is 0 Å². The zero-order valence-corrected chi connectivity index (χ0v) is 12.3. The van der Waals surface area contributed by atoms with Crippen molar-refractivity contribution in [2.45, 2.75) is 0 Å². The maximum absolute atomic E-state index is 10.9. The number of halogens is 1. The van der Waals surface area contributed by atoms with Gasteiger partial charge in [-0.15, -0.1) is 0 Å². The maximum atomic E-state index is 10.9. The summed E-state index contributed by atoms with van der Waals surface area (Å²) >= 11 is 6.30. The monoisotopic (exact) mass is 293 g/mol. The third-order valence-electron chi connectivity index (χ3n) is 3.04. The molecule has 2 aromatic rings. The zero-order chi connectivity index (χ0) is 14.9. The molecule has 0 aliphatic rings. The average molecular weight is 294 g/mol. The summed E-state index contributed by atoms with van der Waals surface area (Å²) in [5.41, 5.74) is 0.901. The molecule has 0 spiro atoms. The highest BCUT2D eigenvalue weighted by Gasteiger charge is 2.15. The number of likely N-dealkylation sites (N-methyl/N-ethyl adjacent to an activating group) is 1. The Bertz CT molecular complexity index is 658. The van der Waals surface area contributed by atoms with E-state index in [1.165, 1.54) is 0 Å². The van der Waals surface area contributed by atoms with Crippen molar-refractivity contribution in [2.75, 3.05) is 37.5 Å². The molecule has 0 bridgehead atoms. The number of hydrogen-bond donors (Lipinski definition) is 1. The minimum absolute atomic E-state index is 0.115. The Hall–Kier alpha value is -2.01. The Balaban J connectivity index is 2.67. The number of anilines is 2. The third kappa shape index (κ3) is 2.63. The van der Waals surface area contributed by atoms with Gasteiger partial charge in [0.2, 0.25) is 0 Å². The molecule has 0 fully saturated rings. The van der Waals surface area contributed by atoms with Crippen LogP contribution >= 0.6 is 11.6 Å². The van der Waals surface area contributed by atoms with Crippen LogP contribution in [0.1, 0.15) is 0 Å². The standard InChI is InChI=1S/C14H16ClN3O2/c1-17(2)11-7-16-14(18(3)8-12(19)20)9-5-4-6-10(15)13(9)11/h4-7H,8H2,1-3H3,(H,19,20). The highest BCUT2D eigenvalue weighted by molar-refractivity contribution is 6.37. The summed E-state index contributed by atoms with van der Waals surface area (Å²) in [6.45, 7) is -0.115. The van der Waals surface area contributed by atoms with Gasteiger partial charge in [0.25, 0.3) is 0 Å². The van der Waals surface area contributed by atoms with Gasteiger partial charge in [-0.3, -0.25) is 4.79 Å². The van der Waals surface area contributed by atoms with E-state index in [1.807, 2.05) is 37.2 Å². The van der Waals surface area contributed by atoms with Crippen LogP contribution in [0.25, 0.3) is 10.8 Å². The molecule has 0 amide bonds. The van der Waals surface area contributed by atoms with Gasteiger partial charge >= 0.3 is 5.97 Å².